The van der Waals surface area contributed by atoms with E-state index in [0.717, 1.165) is 16.8 Å². The minimum absolute atomic E-state index is 0.0573. The third-order valence-electron chi connectivity index (χ3n) is 4.35. The van der Waals surface area contributed by atoms with Crippen molar-refractivity contribution in [2.45, 2.75) is 25.0 Å². The average Bonchev–Trinajstić information content (AvgIpc) is 2.73. The van der Waals surface area contributed by atoms with Crippen molar-refractivity contribution in [3.05, 3.63) is 81.8 Å². The van der Waals surface area contributed by atoms with E-state index in [2.05, 4.69) is 5.32 Å². The molecule has 31 heavy (non-hydrogen) atoms. The van der Waals surface area contributed by atoms with Gasteiger partial charge in [0.25, 0.3) is 0 Å². The fourth-order valence-corrected chi connectivity index (χ4v) is 3.76. The number of sulfonamides is 1. The molecule has 0 saturated carbocycles. The van der Waals surface area contributed by atoms with Crippen LogP contribution >= 0.6 is 23.2 Å². The van der Waals surface area contributed by atoms with Crippen LogP contribution in [0.25, 0.3) is 0 Å². The van der Waals surface area contributed by atoms with Crippen molar-refractivity contribution < 1.29 is 17.9 Å². The molecule has 164 valence electrons. The molecule has 0 atom stereocenters. The fourth-order valence-electron chi connectivity index (χ4n) is 2.83. The van der Waals surface area contributed by atoms with Crippen molar-refractivity contribution in [2.75, 3.05) is 11.9 Å². The molecule has 0 amide bonds. The Bertz CT molecular complexity index is 1140. The Balaban J connectivity index is 1.72. The first-order valence-corrected chi connectivity index (χ1v) is 11.8. The minimum Gasteiger partial charge on any atom is -0.490 e. The quantitative estimate of drug-likeness (QED) is 0.437. The van der Waals surface area contributed by atoms with Crippen LogP contribution < -0.4 is 19.9 Å². The predicted octanol–water partition coefficient (Wildman–Crippen LogP) is 5.23. The molecule has 3 rings (SSSR count). The van der Waals surface area contributed by atoms with E-state index in [-0.39, 0.29) is 4.90 Å². The molecular weight excluding hydrogens is 459 g/mol. The molecule has 0 bridgehead atoms. The number of hydrogen-bond acceptors (Lipinski definition) is 5. The monoisotopic (exact) mass is 480 g/mol. The zero-order valence-corrected chi connectivity index (χ0v) is 19.1. The number of benzene rings is 3. The van der Waals surface area contributed by atoms with Crippen LogP contribution in [-0.2, 0) is 23.2 Å². The van der Waals surface area contributed by atoms with E-state index in [0.29, 0.717) is 41.3 Å². The number of anilines is 1. The summed E-state index contributed by atoms with van der Waals surface area (Å²) in [6, 6.07) is 17.2. The van der Waals surface area contributed by atoms with Crippen molar-refractivity contribution in [3.63, 3.8) is 0 Å². The average molecular weight is 481 g/mol. The second-order valence-corrected chi connectivity index (χ2v) is 9.08. The van der Waals surface area contributed by atoms with Crippen LogP contribution in [0.2, 0.25) is 10.0 Å². The Kier molecular flexibility index (Phi) is 7.67. The van der Waals surface area contributed by atoms with E-state index in [4.69, 9.17) is 37.8 Å². The number of nitrogens with one attached hydrogen (secondary N) is 1. The van der Waals surface area contributed by atoms with Crippen LogP contribution in [0.5, 0.6) is 11.5 Å². The van der Waals surface area contributed by atoms with Crippen molar-refractivity contribution in [1.29, 1.82) is 0 Å². The zero-order valence-electron chi connectivity index (χ0n) is 16.8. The summed E-state index contributed by atoms with van der Waals surface area (Å²) < 4.78 is 34.4. The highest BCUT2D eigenvalue weighted by molar-refractivity contribution is 7.89. The summed E-state index contributed by atoms with van der Waals surface area (Å²) in [6.07, 6.45) is 0. The molecule has 0 aliphatic carbocycles. The van der Waals surface area contributed by atoms with Crippen molar-refractivity contribution in [3.8, 4) is 11.5 Å². The van der Waals surface area contributed by atoms with E-state index in [1.54, 1.807) is 30.3 Å². The molecular formula is C22H22Cl2N2O4S. The normalized spacial score (nSPS) is 11.2. The van der Waals surface area contributed by atoms with Gasteiger partial charge in [0.15, 0.2) is 11.5 Å². The first-order chi connectivity index (χ1) is 14.8. The Hall–Kier alpha value is -2.45. The highest BCUT2D eigenvalue weighted by atomic mass is 35.5. The number of hydrogen-bond donors (Lipinski definition) is 2. The smallest absolute Gasteiger partial charge is 0.238 e. The van der Waals surface area contributed by atoms with Crippen LogP contribution in [0.15, 0.2) is 65.6 Å². The molecule has 0 fully saturated rings. The maximum atomic E-state index is 11.4. The second-order valence-electron chi connectivity index (χ2n) is 6.68. The van der Waals surface area contributed by atoms with Crippen LogP contribution in [-0.4, -0.2) is 15.0 Å². The molecule has 0 aliphatic rings. The summed E-state index contributed by atoms with van der Waals surface area (Å²) in [6.45, 7) is 3.12. The van der Waals surface area contributed by atoms with Gasteiger partial charge in [0.1, 0.15) is 6.61 Å². The van der Waals surface area contributed by atoms with E-state index in [9.17, 15) is 8.42 Å². The number of nitrogens with two attached hydrogens (primary N) is 1. The Labute approximate surface area is 191 Å². The molecule has 3 aromatic carbocycles. The van der Waals surface area contributed by atoms with Crippen LogP contribution in [0.3, 0.4) is 0 Å². The molecule has 0 saturated heterocycles. The van der Waals surface area contributed by atoms with Gasteiger partial charge in [-0.15, -0.1) is 0 Å². The fraction of sp³-hybridized carbons (Fsp3) is 0.182. The van der Waals surface area contributed by atoms with E-state index < -0.39 is 10.0 Å². The molecule has 0 unspecified atom stereocenters. The Morgan fingerprint density at radius 2 is 1.61 bits per heavy atom. The maximum Gasteiger partial charge on any atom is 0.238 e. The van der Waals surface area contributed by atoms with Gasteiger partial charge >= 0.3 is 0 Å². The molecule has 6 nitrogen and oxygen atoms in total. The zero-order chi connectivity index (χ0) is 22.4. The Morgan fingerprint density at radius 3 is 2.23 bits per heavy atom. The van der Waals surface area contributed by atoms with Gasteiger partial charge in [-0.3, -0.25) is 0 Å². The lowest BCUT2D eigenvalue weighted by molar-refractivity contribution is 0.269. The lowest BCUT2D eigenvalue weighted by Crippen LogP contribution is -2.12. The largest absolute Gasteiger partial charge is 0.490 e. The van der Waals surface area contributed by atoms with Gasteiger partial charge in [-0.2, -0.15) is 0 Å². The highest BCUT2D eigenvalue weighted by Crippen LogP contribution is 2.37. The lowest BCUT2D eigenvalue weighted by Gasteiger charge is -2.16. The first kappa shape index (κ1) is 23.2. The molecule has 0 aliphatic heterocycles. The molecule has 3 N–H and O–H groups in total. The van der Waals surface area contributed by atoms with Gasteiger partial charge in [-0.1, -0.05) is 35.3 Å². The number of primary sulfonamides is 1. The Morgan fingerprint density at radius 1 is 0.935 bits per heavy atom. The lowest BCUT2D eigenvalue weighted by atomic mass is 10.2. The summed E-state index contributed by atoms with van der Waals surface area (Å²) >= 11 is 12.4. The van der Waals surface area contributed by atoms with Gasteiger partial charge < -0.3 is 14.8 Å². The third kappa shape index (κ3) is 6.51. The number of ether oxygens (including phenoxy) is 2. The summed E-state index contributed by atoms with van der Waals surface area (Å²) in [5, 5.41) is 9.43. The first-order valence-electron chi connectivity index (χ1n) is 9.45. The number of rotatable bonds is 9. The predicted molar refractivity (Wildman–Crippen MR) is 124 cm³/mol. The molecule has 0 spiro atoms. The molecule has 0 heterocycles. The summed E-state index contributed by atoms with van der Waals surface area (Å²) in [5.41, 5.74) is 2.57. The van der Waals surface area contributed by atoms with Gasteiger partial charge in [0, 0.05) is 17.3 Å². The molecule has 3 aromatic rings. The van der Waals surface area contributed by atoms with Crippen molar-refractivity contribution in [2.24, 2.45) is 5.14 Å². The van der Waals surface area contributed by atoms with Crippen molar-refractivity contribution >= 4 is 38.9 Å². The third-order valence-corrected chi connectivity index (χ3v) is 5.81. The van der Waals surface area contributed by atoms with Crippen molar-refractivity contribution in [1.82, 2.24) is 0 Å². The molecule has 0 radical (unpaired) electrons. The molecule has 9 heteroatoms. The van der Waals surface area contributed by atoms with Gasteiger partial charge in [0.2, 0.25) is 10.0 Å². The molecule has 0 aromatic heterocycles. The summed E-state index contributed by atoms with van der Waals surface area (Å²) in [4.78, 5) is 0.0573. The number of halogens is 2. The summed E-state index contributed by atoms with van der Waals surface area (Å²) in [5.74, 6) is 1.02. The topological polar surface area (TPSA) is 90.6 Å². The second kappa shape index (κ2) is 10.2. The van der Waals surface area contributed by atoms with Gasteiger partial charge in [-0.25, -0.2) is 13.6 Å². The van der Waals surface area contributed by atoms with Crippen LogP contribution in [0.4, 0.5) is 5.69 Å². The van der Waals surface area contributed by atoms with Crippen LogP contribution in [0.1, 0.15) is 18.1 Å². The summed E-state index contributed by atoms with van der Waals surface area (Å²) in [7, 11) is -3.72. The highest BCUT2D eigenvalue weighted by Gasteiger charge is 2.13. The standard InChI is InChI=1S/C22H22Cl2N2O4S/c1-2-29-21-12-16(13-26-18-7-9-19(10-8-18)31(25,27)28)11-20(24)22(21)30-14-15-3-5-17(23)6-4-15/h3-12,26H,2,13-14H2,1H3,(H2,25,27,28). The van der Waals surface area contributed by atoms with Gasteiger partial charge in [0.05, 0.1) is 16.5 Å². The SMILES string of the molecule is CCOc1cc(CNc2ccc(S(N)(=O)=O)cc2)cc(Cl)c1OCc1ccc(Cl)cc1. The van der Waals surface area contributed by atoms with E-state index in [1.165, 1.54) is 12.1 Å². The van der Waals surface area contributed by atoms with Crippen LogP contribution in [0, 0.1) is 0 Å². The minimum atomic E-state index is -3.72. The maximum absolute atomic E-state index is 11.4. The van der Waals surface area contributed by atoms with E-state index in [1.807, 2.05) is 25.1 Å². The van der Waals surface area contributed by atoms with E-state index >= 15 is 0 Å². The van der Waals surface area contributed by atoms with Gasteiger partial charge in [-0.05, 0) is 66.6 Å².